The van der Waals surface area contributed by atoms with Crippen LogP contribution in [0, 0.1) is 20.8 Å². The van der Waals surface area contributed by atoms with Gasteiger partial charge in [0.15, 0.2) is 5.65 Å². The van der Waals surface area contributed by atoms with Gasteiger partial charge in [0.05, 0.1) is 24.2 Å². The minimum absolute atomic E-state index is 0.524. The Morgan fingerprint density at radius 1 is 0.931 bits per heavy atom. The Balaban J connectivity index is 1.76. The van der Waals surface area contributed by atoms with Crippen LogP contribution in [-0.2, 0) is 0 Å². The molecule has 0 bridgehead atoms. The molecule has 4 aromatic rings. The maximum absolute atomic E-state index is 5.58. The van der Waals surface area contributed by atoms with Crippen LogP contribution in [0.1, 0.15) is 17.1 Å². The lowest BCUT2D eigenvalue weighted by Crippen LogP contribution is -2.02. The SMILES string of the molecule is CNc1cc(C)nc(Nc2ccc(OC)c(-c3cn4cc(C)nc(C)c4n3)c2)n1. The third-order valence-corrected chi connectivity index (χ3v) is 4.57. The molecular weight excluding hydrogens is 366 g/mol. The van der Waals surface area contributed by atoms with Gasteiger partial charge in [0.2, 0.25) is 5.95 Å². The molecule has 0 aliphatic rings. The number of ether oxygens (including phenoxy) is 1. The van der Waals surface area contributed by atoms with Gasteiger partial charge in [-0.2, -0.15) is 4.98 Å². The predicted molar refractivity (Wildman–Crippen MR) is 114 cm³/mol. The van der Waals surface area contributed by atoms with E-state index in [0.29, 0.717) is 5.95 Å². The van der Waals surface area contributed by atoms with Crippen molar-refractivity contribution in [1.82, 2.24) is 24.3 Å². The normalized spacial score (nSPS) is 10.9. The number of nitrogens with one attached hydrogen (secondary N) is 2. The van der Waals surface area contributed by atoms with Crippen molar-refractivity contribution in [2.45, 2.75) is 20.8 Å². The highest BCUT2D eigenvalue weighted by atomic mass is 16.5. The highest BCUT2D eigenvalue weighted by molar-refractivity contribution is 5.75. The van der Waals surface area contributed by atoms with Crippen molar-refractivity contribution in [1.29, 1.82) is 0 Å². The van der Waals surface area contributed by atoms with Gasteiger partial charge in [-0.3, -0.25) is 4.98 Å². The lowest BCUT2D eigenvalue weighted by molar-refractivity contribution is 0.416. The smallest absolute Gasteiger partial charge is 0.229 e. The standard InChI is InChI=1S/C21H23N7O/c1-12-8-19(22-4)27-21(24-12)25-15-6-7-18(29-5)16(9-15)17-11-28-10-13(2)23-14(3)20(28)26-17/h6-11H,1-5H3,(H2,22,24,25,27). The minimum Gasteiger partial charge on any atom is -0.496 e. The fraction of sp³-hybridized carbons (Fsp3) is 0.238. The van der Waals surface area contributed by atoms with Gasteiger partial charge in [0.1, 0.15) is 11.6 Å². The van der Waals surface area contributed by atoms with E-state index >= 15 is 0 Å². The van der Waals surface area contributed by atoms with Gasteiger partial charge in [-0.05, 0) is 39.0 Å². The van der Waals surface area contributed by atoms with Gasteiger partial charge in [0.25, 0.3) is 0 Å². The number of hydrogen-bond donors (Lipinski definition) is 2. The summed E-state index contributed by atoms with van der Waals surface area (Å²) in [6.45, 7) is 5.86. The first-order chi connectivity index (χ1) is 14.0. The van der Waals surface area contributed by atoms with E-state index < -0.39 is 0 Å². The van der Waals surface area contributed by atoms with Crippen molar-refractivity contribution >= 4 is 23.1 Å². The quantitative estimate of drug-likeness (QED) is 0.535. The number of benzene rings is 1. The number of nitrogens with zero attached hydrogens (tertiary/aromatic N) is 5. The number of anilines is 3. The van der Waals surface area contributed by atoms with E-state index in [4.69, 9.17) is 9.72 Å². The summed E-state index contributed by atoms with van der Waals surface area (Å²) in [4.78, 5) is 18.2. The minimum atomic E-state index is 0.524. The van der Waals surface area contributed by atoms with Gasteiger partial charge in [-0.15, -0.1) is 0 Å². The first-order valence-corrected chi connectivity index (χ1v) is 9.28. The lowest BCUT2D eigenvalue weighted by atomic mass is 10.1. The summed E-state index contributed by atoms with van der Waals surface area (Å²) in [6, 6.07) is 7.72. The number of aryl methyl sites for hydroxylation is 3. The molecule has 0 aliphatic carbocycles. The summed E-state index contributed by atoms with van der Waals surface area (Å²) in [6.07, 6.45) is 3.95. The Kier molecular flexibility index (Phi) is 4.75. The Morgan fingerprint density at radius 3 is 2.52 bits per heavy atom. The van der Waals surface area contributed by atoms with E-state index in [-0.39, 0.29) is 0 Å². The van der Waals surface area contributed by atoms with Crippen molar-refractivity contribution in [2.24, 2.45) is 0 Å². The highest BCUT2D eigenvalue weighted by Gasteiger charge is 2.14. The Hall–Kier alpha value is -3.68. The van der Waals surface area contributed by atoms with Gasteiger partial charge >= 0.3 is 0 Å². The topological polar surface area (TPSA) is 89.3 Å². The molecule has 3 aromatic heterocycles. The van der Waals surface area contributed by atoms with Crippen LogP contribution in [0.5, 0.6) is 5.75 Å². The number of aromatic nitrogens is 5. The monoisotopic (exact) mass is 389 g/mol. The molecule has 1 aromatic carbocycles. The Labute approximate surface area is 169 Å². The molecule has 0 saturated heterocycles. The molecule has 0 atom stereocenters. The zero-order valence-corrected chi connectivity index (χ0v) is 17.1. The molecule has 0 radical (unpaired) electrons. The number of rotatable bonds is 5. The van der Waals surface area contributed by atoms with Crippen LogP contribution in [0.4, 0.5) is 17.5 Å². The highest BCUT2D eigenvalue weighted by Crippen LogP contribution is 2.33. The van der Waals surface area contributed by atoms with Gasteiger partial charge in [0, 0.05) is 42.5 Å². The summed E-state index contributed by atoms with van der Waals surface area (Å²) in [5.41, 5.74) is 6.06. The molecule has 2 N–H and O–H groups in total. The predicted octanol–water partition coefficient (Wildman–Crippen LogP) is 3.91. The average Bonchev–Trinajstić information content (AvgIpc) is 3.11. The van der Waals surface area contributed by atoms with Crippen LogP contribution in [-0.4, -0.2) is 38.5 Å². The molecular formula is C21H23N7O. The third kappa shape index (κ3) is 3.69. The van der Waals surface area contributed by atoms with E-state index in [1.165, 1.54) is 0 Å². The second-order valence-corrected chi connectivity index (χ2v) is 6.83. The Morgan fingerprint density at radius 2 is 1.76 bits per heavy atom. The number of methoxy groups -OCH3 is 1. The van der Waals surface area contributed by atoms with Crippen LogP contribution in [0.15, 0.2) is 36.7 Å². The molecule has 0 saturated carbocycles. The average molecular weight is 389 g/mol. The molecule has 3 heterocycles. The molecule has 8 nitrogen and oxygen atoms in total. The molecule has 29 heavy (non-hydrogen) atoms. The van der Waals surface area contributed by atoms with Crippen molar-refractivity contribution < 1.29 is 4.74 Å². The van der Waals surface area contributed by atoms with E-state index in [0.717, 1.165) is 51.2 Å². The first-order valence-electron chi connectivity index (χ1n) is 9.28. The van der Waals surface area contributed by atoms with E-state index in [1.807, 2.05) is 68.9 Å². The third-order valence-electron chi connectivity index (χ3n) is 4.57. The largest absolute Gasteiger partial charge is 0.496 e. The summed E-state index contributed by atoms with van der Waals surface area (Å²) >= 11 is 0. The zero-order valence-electron chi connectivity index (χ0n) is 17.1. The van der Waals surface area contributed by atoms with E-state index in [1.54, 1.807) is 7.11 Å². The fourth-order valence-corrected chi connectivity index (χ4v) is 3.30. The Bertz CT molecular complexity index is 1200. The van der Waals surface area contributed by atoms with Crippen LogP contribution >= 0.6 is 0 Å². The molecule has 0 spiro atoms. The van der Waals surface area contributed by atoms with Crippen molar-refractivity contribution in [3.63, 3.8) is 0 Å². The molecule has 0 unspecified atom stereocenters. The van der Waals surface area contributed by atoms with Crippen LogP contribution in [0.2, 0.25) is 0 Å². The number of fused-ring (bicyclic) bond motifs is 1. The van der Waals surface area contributed by atoms with Gasteiger partial charge in [-0.25, -0.2) is 9.97 Å². The molecule has 148 valence electrons. The summed E-state index contributed by atoms with van der Waals surface area (Å²) in [5, 5.41) is 6.31. The number of imidazole rings is 1. The van der Waals surface area contributed by atoms with E-state index in [9.17, 15) is 0 Å². The van der Waals surface area contributed by atoms with E-state index in [2.05, 4.69) is 25.6 Å². The molecule has 8 heteroatoms. The first kappa shape index (κ1) is 18.7. The summed E-state index contributed by atoms with van der Waals surface area (Å²) in [7, 11) is 3.49. The van der Waals surface area contributed by atoms with Gasteiger partial charge < -0.3 is 19.8 Å². The van der Waals surface area contributed by atoms with Crippen LogP contribution in [0.3, 0.4) is 0 Å². The summed E-state index contributed by atoms with van der Waals surface area (Å²) < 4.78 is 7.57. The second-order valence-electron chi connectivity index (χ2n) is 6.83. The molecule has 0 amide bonds. The summed E-state index contributed by atoms with van der Waals surface area (Å²) in [5.74, 6) is 2.02. The fourth-order valence-electron chi connectivity index (χ4n) is 3.30. The molecule has 0 fully saturated rings. The lowest BCUT2D eigenvalue weighted by Gasteiger charge is -2.11. The molecule has 0 aliphatic heterocycles. The molecule has 4 rings (SSSR count). The van der Waals surface area contributed by atoms with Crippen LogP contribution < -0.4 is 15.4 Å². The van der Waals surface area contributed by atoms with Crippen molar-refractivity contribution in [3.8, 4) is 17.0 Å². The van der Waals surface area contributed by atoms with Crippen molar-refractivity contribution in [3.05, 3.63) is 53.7 Å². The van der Waals surface area contributed by atoms with Gasteiger partial charge in [-0.1, -0.05) is 0 Å². The maximum Gasteiger partial charge on any atom is 0.229 e. The van der Waals surface area contributed by atoms with Crippen molar-refractivity contribution in [2.75, 3.05) is 24.8 Å². The second kappa shape index (κ2) is 7.38. The van der Waals surface area contributed by atoms with Crippen LogP contribution in [0.25, 0.3) is 16.9 Å². The zero-order chi connectivity index (χ0) is 20.5. The maximum atomic E-state index is 5.58. The number of hydrogen-bond acceptors (Lipinski definition) is 7.